The minimum absolute atomic E-state index is 0.108. The molecule has 5 heteroatoms. The van der Waals surface area contributed by atoms with E-state index < -0.39 is 0 Å². The molecule has 0 unspecified atom stereocenters. The zero-order valence-corrected chi connectivity index (χ0v) is 77.2. The van der Waals surface area contributed by atoms with Gasteiger partial charge in [-0.2, -0.15) is 0 Å². The van der Waals surface area contributed by atoms with Crippen molar-refractivity contribution in [1.29, 1.82) is 0 Å². The van der Waals surface area contributed by atoms with E-state index in [9.17, 15) is 0 Å². The smallest absolute Gasteiger partial charge is 0.160 e. The second kappa shape index (κ2) is 33.1. The lowest BCUT2D eigenvalue weighted by Crippen LogP contribution is -2.16. The highest BCUT2D eigenvalue weighted by Gasteiger charge is 2.37. The van der Waals surface area contributed by atoms with Crippen molar-refractivity contribution in [2.24, 2.45) is 0 Å². The Bertz CT molecular complexity index is 9480. The van der Waals surface area contributed by atoms with Gasteiger partial charge in [0.25, 0.3) is 0 Å². The number of furan rings is 1. The van der Waals surface area contributed by atoms with Crippen molar-refractivity contribution in [2.45, 2.75) is 19.3 Å². The number of fused-ring (bicyclic) bond motifs is 24. The van der Waals surface area contributed by atoms with Crippen LogP contribution in [0.25, 0.3) is 236 Å². The topological polar surface area (TPSA) is 31.2 Å². The molecule has 1 aliphatic rings. The maximum absolute atomic E-state index is 6.75. The van der Waals surface area contributed by atoms with Crippen LogP contribution in [0, 0.1) is 0 Å². The van der Waals surface area contributed by atoms with Crippen molar-refractivity contribution < 1.29 is 4.42 Å². The van der Waals surface area contributed by atoms with Gasteiger partial charge >= 0.3 is 0 Å². The second-order valence-electron chi connectivity index (χ2n) is 37.6. The van der Waals surface area contributed by atoms with Crippen LogP contribution in [-0.4, -0.2) is 13.7 Å². The zero-order chi connectivity index (χ0) is 92.6. The van der Waals surface area contributed by atoms with E-state index in [4.69, 9.17) is 4.42 Å². The van der Waals surface area contributed by atoms with Crippen molar-refractivity contribution >= 4 is 169 Å². The van der Waals surface area contributed by atoms with Crippen LogP contribution >= 0.6 is 0 Å². The van der Waals surface area contributed by atoms with Gasteiger partial charge < -0.3 is 23.0 Å². The molecule has 4 aromatic heterocycles. The Morgan fingerprint density at radius 1 is 0.200 bits per heavy atom. The first-order valence-corrected chi connectivity index (χ1v) is 48.4. The predicted molar refractivity (Wildman–Crippen MR) is 594 cm³/mol. The Labute approximate surface area is 810 Å². The lowest BCUT2D eigenvalue weighted by Gasteiger charge is -2.28. The Kier molecular flexibility index (Phi) is 19.3. The molecule has 4 heterocycles. The van der Waals surface area contributed by atoms with Gasteiger partial charge in [0.15, 0.2) is 5.58 Å². The van der Waals surface area contributed by atoms with Crippen molar-refractivity contribution in [3.8, 4) is 83.8 Å². The van der Waals surface area contributed by atoms with Gasteiger partial charge in [-0.25, -0.2) is 0 Å². The molecule has 24 aromatic carbocycles. The monoisotopic (exact) mass is 1780 g/mol. The highest BCUT2D eigenvalue weighted by atomic mass is 16.3. The van der Waals surface area contributed by atoms with Gasteiger partial charge in [-0.1, -0.05) is 402 Å². The molecule has 1 aliphatic carbocycles. The zero-order valence-electron chi connectivity index (χ0n) is 77.2. The van der Waals surface area contributed by atoms with Crippen LogP contribution in [0.15, 0.2) is 514 Å². The lowest BCUT2D eigenvalue weighted by atomic mass is 9.82. The van der Waals surface area contributed by atoms with Crippen LogP contribution in [0.3, 0.4) is 0 Å². The largest absolute Gasteiger partial charge is 0.454 e. The molecular weight excluding hydrogens is 1690 g/mol. The summed E-state index contributed by atoms with van der Waals surface area (Å²) in [6, 6.07) is 185. The summed E-state index contributed by atoms with van der Waals surface area (Å²) in [5.41, 5.74) is 33.5. The minimum atomic E-state index is -0.108. The van der Waals surface area contributed by atoms with Crippen LogP contribution in [0.5, 0.6) is 0 Å². The third-order valence-corrected chi connectivity index (χ3v) is 29.5. The van der Waals surface area contributed by atoms with Gasteiger partial charge in [0, 0.05) is 76.9 Å². The van der Waals surface area contributed by atoms with E-state index in [2.05, 4.69) is 536 Å². The summed E-state index contributed by atoms with van der Waals surface area (Å²) in [4.78, 5) is 2.38. The molecule has 0 saturated carbocycles. The number of nitrogens with zero attached hydrogens (tertiary/aromatic N) is 4. The van der Waals surface area contributed by atoms with Crippen molar-refractivity contribution in [3.05, 3.63) is 521 Å². The summed E-state index contributed by atoms with van der Waals surface area (Å²) in [5, 5.41) is 25.1. The number of benzene rings is 24. The molecule has 28 aromatic rings. The Balaban J connectivity index is 0.000000106. The van der Waals surface area contributed by atoms with Gasteiger partial charge in [0.2, 0.25) is 0 Å². The number of aromatic nitrogens is 3. The normalized spacial score (nSPS) is 12.3. The third-order valence-electron chi connectivity index (χ3n) is 29.5. The summed E-state index contributed by atoms with van der Waals surface area (Å²) in [5.74, 6) is 0. The van der Waals surface area contributed by atoms with E-state index in [0.717, 1.165) is 44.7 Å². The standard InChI is InChI=1S/C46H30N2.C46H29N.C43H31NO/c1-3-13-33(14-4-1)47-43-21-11-9-19-39(43)41-29-31(23-27-45(41)47)35-25-26-36(38-18-8-7-17-37(35)38)32-24-28-46-42(30-32)40-20-10-12-22-44(40)48(46)34-15-5-2-6-16-34;1-2-14-32(15-3-1)43-37-18-8-10-20-39(37)44(40-21-11-9-19-38(40)43)33-22-26-34(27-23-33)47-41-28-24-30-12-4-6-16-35(30)45(41)46-36-17-7-5-13-31(36)25-29-42(46)47;1-43(2)37-18-10-8-16-34(37)35-25-24-32(27-38(35)43)44(31-22-20-29(21-23-31)28-12-4-3-5-13-28)39-26-30-14-6-7-15-33(30)41-36-17-9-11-19-40(36)45-42(39)41/h1-30H;1-29H;3-27H,1-2H3. The number of hydrogen-bond acceptors (Lipinski definition) is 2. The van der Waals surface area contributed by atoms with Gasteiger partial charge in [-0.15, -0.1) is 0 Å². The molecule has 0 spiro atoms. The van der Waals surface area contributed by atoms with Crippen molar-refractivity contribution in [2.75, 3.05) is 4.90 Å². The van der Waals surface area contributed by atoms with E-state index in [1.54, 1.807) is 0 Å². The van der Waals surface area contributed by atoms with E-state index in [-0.39, 0.29) is 5.41 Å². The number of para-hydroxylation sites is 5. The Hall–Kier alpha value is -18.2. The van der Waals surface area contributed by atoms with Gasteiger partial charge in [-0.05, 0) is 264 Å². The summed E-state index contributed by atoms with van der Waals surface area (Å²) in [6.45, 7) is 4.68. The first-order valence-electron chi connectivity index (χ1n) is 48.4. The van der Waals surface area contributed by atoms with E-state index in [0.29, 0.717) is 0 Å². The summed E-state index contributed by atoms with van der Waals surface area (Å²) >= 11 is 0. The molecule has 0 saturated heterocycles. The van der Waals surface area contributed by atoms with Crippen LogP contribution in [0.4, 0.5) is 17.1 Å². The molecule has 0 atom stereocenters. The molecule has 0 N–H and O–H groups in total. The third kappa shape index (κ3) is 13.2. The molecule has 140 heavy (non-hydrogen) atoms. The molecule has 0 radical (unpaired) electrons. The van der Waals surface area contributed by atoms with E-state index in [1.807, 2.05) is 6.07 Å². The maximum atomic E-state index is 6.75. The highest BCUT2D eigenvalue weighted by molar-refractivity contribution is 6.30. The summed E-state index contributed by atoms with van der Waals surface area (Å²) in [6.07, 6.45) is 0. The Morgan fingerprint density at radius 2 is 0.550 bits per heavy atom. The average molecular weight is 1780 g/mol. The number of hydrogen-bond donors (Lipinski definition) is 0. The van der Waals surface area contributed by atoms with Crippen LogP contribution in [0.2, 0.25) is 0 Å². The summed E-state index contributed by atoms with van der Waals surface area (Å²) in [7, 11) is 0. The molecule has 0 fully saturated rings. The highest BCUT2D eigenvalue weighted by Crippen LogP contribution is 2.54. The quantitative estimate of drug-likeness (QED) is 0.121. The molecule has 29 rings (SSSR count). The first-order chi connectivity index (χ1) is 69.3. The van der Waals surface area contributed by atoms with E-state index in [1.165, 1.54) is 219 Å². The molecule has 0 bridgehead atoms. The molecular formula is C135H90N4O. The van der Waals surface area contributed by atoms with Crippen LogP contribution < -0.4 is 4.90 Å². The van der Waals surface area contributed by atoms with Crippen LogP contribution in [-0.2, 0) is 5.41 Å². The molecule has 656 valence electrons. The fraction of sp³-hybridized carbons (Fsp3) is 0.0222. The minimum Gasteiger partial charge on any atom is -0.454 e. The number of rotatable bonds is 11. The summed E-state index contributed by atoms with van der Waals surface area (Å²) < 4.78 is 13.9. The first kappa shape index (κ1) is 81.4. The fourth-order valence-corrected chi connectivity index (χ4v) is 23.2. The van der Waals surface area contributed by atoms with Gasteiger partial charge in [-0.3, -0.25) is 0 Å². The molecule has 5 nitrogen and oxygen atoms in total. The SMILES string of the molecule is CC1(C)c2ccccc2-c2ccc(N(c3ccc(-c4ccccc4)cc3)c3cc4ccccc4c4c3oc3ccccc34)cc21.c1ccc(-c2c3ccccc3c(-c3ccc(-n4c5ccc6ccccc6c5c5c6ccccc6ccc54)cc3)c3ccccc23)cc1.c1ccc(-n2c3ccccc3c3cc(-c4ccc(-c5ccc6c(c5)c5ccccc5n6-c5ccccc5)c5ccccc45)ccc32)cc1. The van der Waals surface area contributed by atoms with Crippen molar-refractivity contribution in [3.63, 3.8) is 0 Å². The molecule has 0 amide bonds. The van der Waals surface area contributed by atoms with Crippen molar-refractivity contribution in [1.82, 2.24) is 13.7 Å². The molecule has 0 aliphatic heterocycles. The van der Waals surface area contributed by atoms with Crippen LogP contribution in [0.1, 0.15) is 25.0 Å². The predicted octanol–water partition coefficient (Wildman–Crippen LogP) is 37.3. The average Bonchev–Trinajstić information content (AvgIpc) is 1.60. The van der Waals surface area contributed by atoms with E-state index >= 15 is 0 Å². The Morgan fingerprint density at radius 3 is 1.08 bits per heavy atom. The lowest BCUT2D eigenvalue weighted by molar-refractivity contribution is 0.660. The maximum Gasteiger partial charge on any atom is 0.160 e. The van der Waals surface area contributed by atoms with Gasteiger partial charge in [0.1, 0.15) is 5.58 Å². The fourth-order valence-electron chi connectivity index (χ4n) is 23.2. The second-order valence-corrected chi connectivity index (χ2v) is 37.6. The number of anilines is 3. The van der Waals surface area contributed by atoms with Gasteiger partial charge in [0.05, 0.1) is 38.8 Å².